The van der Waals surface area contributed by atoms with E-state index in [9.17, 15) is 4.79 Å². The van der Waals surface area contributed by atoms with Gasteiger partial charge in [-0.1, -0.05) is 43.3 Å². The molecule has 5 nitrogen and oxygen atoms in total. The normalized spacial score (nSPS) is 10.5. The maximum Gasteiger partial charge on any atom is 0.258 e. The molecule has 0 atom stereocenters. The van der Waals surface area contributed by atoms with Gasteiger partial charge in [0, 0.05) is 6.54 Å². The first-order chi connectivity index (χ1) is 13.7. The average Bonchev–Trinajstić information content (AvgIpc) is 2.74. The quantitative estimate of drug-likeness (QED) is 0.601. The molecule has 0 fully saturated rings. The summed E-state index contributed by atoms with van der Waals surface area (Å²) in [4.78, 5) is 12.1. The summed E-state index contributed by atoms with van der Waals surface area (Å²) in [5.74, 6) is 1.86. The lowest BCUT2D eigenvalue weighted by molar-refractivity contribution is -0.123. The van der Waals surface area contributed by atoms with E-state index in [1.54, 1.807) is 7.11 Å². The van der Waals surface area contributed by atoms with Crippen molar-refractivity contribution in [1.29, 1.82) is 0 Å². The van der Waals surface area contributed by atoms with Crippen LogP contribution in [0.25, 0.3) is 10.8 Å². The van der Waals surface area contributed by atoms with Gasteiger partial charge < -0.3 is 19.5 Å². The highest BCUT2D eigenvalue weighted by Gasteiger charge is 2.08. The van der Waals surface area contributed by atoms with Crippen molar-refractivity contribution in [2.45, 2.75) is 19.9 Å². The number of methoxy groups -OCH3 is 1. The van der Waals surface area contributed by atoms with Gasteiger partial charge in [-0.05, 0) is 47.0 Å². The lowest BCUT2D eigenvalue weighted by Gasteiger charge is -2.12. The minimum absolute atomic E-state index is 0.0346. The number of ether oxygens (including phenoxy) is 3. The Balaban J connectivity index is 1.52. The minimum atomic E-state index is -0.182. The average molecular weight is 379 g/mol. The van der Waals surface area contributed by atoms with E-state index in [1.807, 2.05) is 60.7 Å². The second kappa shape index (κ2) is 9.65. The molecule has 0 unspecified atom stereocenters. The highest BCUT2D eigenvalue weighted by atomic mass is 16.5. The smallest absolute Gasteiger partial charge is 0.258 e. The summed E-state index contributed by atoms with van der Waals surface area (Å²) >= 11 is 0. The molecule has 0 spiro atoms. The summed E-state index contributed by atoms with van der Waals surface area (Å²) in [7, 11) is 1.61. The molecule has 0 bridgehead atoms. The van der Waals surface area contributed by atoms with E-state index in [-0.39, 0.29) is 12.5 Å². The molecule has 1 amide bonds. The van der Waals surface area contributed by atoms with Crippen molar-refractivity contribution in [3.05, 3.63) is 66.2 Å². The number of carbonyl (C=O) groups excluding carboxylic acids is 1. The van der Waals surface area contributed by atoms with Gasteiger partial charge >= 0.3 is 0 Å². The van der Waals surface area contributed by atoms with E-state index >= 15 is 0 Å². The third-order valence-corrected chi connectivity index (χ3v) is 4.27. The van der Waals surface area contributed by atoms with Crippen LogP contribution in [-0.4, -0.2) is 26.2 Å². The molecule has 1 N–H and O–H groups in total. The minimum Gasteiger partial charge on any atom is -0.493 e. The second-order valence-corrected chi connectivity index (χ2v) is 6.41. The van der Waals surface area contributed by atoms with Crippen LogP contribution in [0.15, 0.2) is 60.7 Å². The van der Waals surface area contributed by atoms with E-state index in [1.165, 1.54) is 0 Å². The fraction of sp³-hybridized carbons (Fsp3) is 0.261. The number of carbonyl (C=O) groups is 1. The highest BCUT2D eigenvalue weighted by molar-refractivity contribution is 5.84. The molecular formula is C23H25NO4. The van der Waals surface area contributed by atoms with E-state index in [4.69, 9.17) is 14.2 Å². The van der Waals surface area contributed by atoms with Crippen molar-refractivity contribution in [2.24, 2.45) is 0 Å². The third kappa shape index (κ3) is 5.16. The number of hydrogen-bond acceptors (Lipinski definition) is 4. The second-order valence-electron chi connectivity index (χ2n) is 6.41. The lowest BCUT2D eigenvalue weighted by Crippen LogP contribution is -2.28. The Hall–Kier alpha value is -3.21. The van der Waals surface area contributed by atoms with Crippen molar-refractivity contribution < 1.29 is 19.0 Å². The van der Waals surface area contributed by atoms with Gasteiger partial charge in [-0.25, -0.2) is 0 Å². The van der Waals surface area contributed by atoms with Gasteiger partial charge in [0.1, 0.15) is 5.75 Å². The van der Waals surface area contributed by atoms with E-state index < -0.39 is 0 Å². The monoisotopic (exact) mass is 379 g/mol. The van der Waals surface area contributed by atoms with Gasteiger partial charge in [0.15, 0.2) is 18.1 Å². The third-order valence-electron chi connectivity index (χ3n) is 4.27. The van der Waals surface area contributed by atoms with Gasteiger partial charge in [-0.2, -0.15) is 0 Å². The maximum absolute atomic E-state index is 12.1. The molecule has 3 rings (SSSR count). The first kappa shape index (κ1) is 19.5. The fourth-order valence-electron chi connectivity index (χ4n) is 2.81. The zero-order valence-electron chi connectivity index (χ0n) is 16.2. The summed E-state index contributed by atoms with van der Waals surface area (Å²) in [6.07, 6.45) is 0.929. The Kier molecular flexibility index (Phi) is 6.73. The Morgan fingerprint density at radius 1 is 0.929 bits per heavy atom. The zero-order chi connectivity index (χ0) is 19.8. The molecule has 0 radical (unpaired) electrons. The molecule has 0 aromatic heterocycles. The molecular weight excluding hydrogens is 354 g/mol. The predicted octanol–water partition coefficient (Wildman–Crippen LogP) is 4.33. The SMILES string of the molecule is CCCOc1ccc(CNC(=O)COc2ccc3ccccc3c2)cc1OC. The Labute approximate surface area is 165 Å². The van der Waals surface area contributed by atoms with Crippen LogP contribution in [0, 0.1) is 0 Å². The van der Waals surface area contributed by atoms with Gasteiger partial charge in [0.25, 0.3) is 5.91 Å². The Bertz CT molecular complexity index is 939. The summed E-state index contributed by atoms with van der Waals surface area (Å²) < 4.78 is 16.6. The van der Waals surface area contributed by atoms with Crippen molar-refractivity contribution in [3.8, 4) is 17.2 Å². The molecule has 0 heterocycles. The van der Waals surface area contributed by atoms with Crippen LogP contribution in [0.4, 0.5) is 0 Å². The molecule has 0 aliphatic rings. The standard InChI is InChI=1S/C23H25NO4/c1-3-12-27-21-11-8-17(13-22(21)26-2)15-24-23(25)16-28-20-10-9-18-6-4-5-7-19(18)14-20/h4-11,13-14H,3,12,15-16H2,1-2H3,(H,24,25). The van der Waals surface area contributed by atoms with Crippen LogP contribution in [-0.2, 0) is 11.3 Å². The molecule has 3 aromatic carbocycles. The largest absolute Gasteiger partial charge is 0.493 e. The van der Waals surface area contributed by atoms with Gasteiger partial charge in [0.05, 0.1) is 13.7 Å². The van der Waals surface area contributed by atoms with Gasteiger partial charge in [-0.15, -0.1) is 0 Å². The zero-order valence-corrected chi connectivity index (χ0v) is 16.2. The van der Waals surface area contributed by atoms with E-state index in [2.05, 4.69) is 12.2 Å². The topological polar surface area (TPSA) is 56.8 Å². The summed E-state index contributed by atoms with van der Waals surface area (Å²) in [5.41, 5.74) is 0.930. The van der Waals surface area contributed by atoms with Crippen LogP contribution in [0.2, 0.25) is 0 Å². The van der Waals surface area contributed by atoms with E-state index in [0.29, 0.717) is 30.4 Å². The van der Waals surface area contributed by atoms with Crippen molar-refractivity contribution in [2.75, 3.05) is 20.3 Å². The predicted molar refractivity (Wildman–Crippen MR) is 110 cm³/mol. The van der Waals surface area contributed by atoms with Crippen molar-refractivity contribution in [1.82, 2.24) is 5.32 Å². The molecule has 0 aliphatic carbocycles. The number of benzene rings is 3. The van der Waals surface area contributed by atoms with Crippen LogP contribution in [0.1, 0.15) is 18.9 Å². The molecule has 0 saturated heterocycles. The van der Waals surface area contributed by atoms with Crippen LogP contribution in [0.3, 0.4) is 0 Å². The molecule has 3 aromatic rings. The molecule has 28 heavy (non-hydrogen) atoms. The summed E-state index contributed by atoms with van der Waals surface area (Å²) in [6.45, 7) is 3.05. The van der Waals surface area contributed by atoms with Gasteiger partial charge in [0.2, 0.25) is 0 Å². The fourth-order valence-corrected chi connectivity index (χ4v) is 2.81. The maximum atomic E-state index is 12.1. The number of hydrogen-bond donors (Lipinski definition) is 1. The highest BCUT2D eigenvalue weighted by Crippen LogP contribution is 2.28. The molecule has 5 heteroatoms. The van der Waals surface area contributed by atoms with Crippen molar-refractivity contribution >= 4 is 16.7 Å². The molecule has 146 valence electrons. The number of nitrogens with one attached hydrogen (secondary N) is 1. The van der Waals surface area contributed by atoms with Crippen LogP contribution >= 0.6 is 0 Å². The summed E-state index contributed by atoms with van der Waals surface area (Å²) in [5, 5.41) is 5.08. The lowest BCUT2D eigenvalue weighted by atomic mass is 10.1. The Morgan fingerprint density at radius 3 is 2.54 bits per heavy atom. The number of fused-ring (bicyclic) bond motifs is 1. The Morgan fingerprint density at radius 2 is 1.75 bits per heavy atom. The summed E-state index contributed by atoms with van der Waals surface area (Å²) in [6, 6.07) is 19.5. The molecule has 0 aliphatic heterocycles. The molecule has 0 saturated carbocycles. The van der Waals surface area contributed by atoms with Crippen molar-refractivity contribution in [3.63, 3.8) is 0 Å². The first-order valence-electron chi connectivity index (χ1n) is 9.37. The van der Waals surface area contributed by atoms with Crippen LogP contribution < -0.4 is 19.5 Å². The van der Waals surface area contributed by atoms with E-state index in [0.717, 1.165) is 22.8 Å². The first-order valence-corrected chi connectivity index (χ1v) is 9.37. The van der Waals surface area contributed by atoms with Gasteiger partial charge in [-0.3, -0.25) is 4.79 Å². The number of amides is 1. The number of rotatable bonds is 9. The van der Waals surface area contributed by atoms with Crippen LogP contribution in [0.5, 0.6) is 17.2 Å².